The highest BCUT2D eigenvalue weighted by atomic mass is 35.5. The van der Waals surface area contributed by atoms with Crippen LogP contribution >= 0.6 is 11.6 Å². The van der Waals surface area contributed by atoms with Crippen molar-refractivity contribution in [2.75, 3.05) is 21.4 Å². The third-order valence-corrected chi connectivity index (χ3v) is 8.48. The number of sulfonamides is 2. The Morgan fingerprint density at radius 2 is 1.26 bits per heavy atom. The number of benzene rings is 4. The summed E-state index contributed by atoms with van der Waals surface area (Å²) < 4.78 is 61.0. The van der Waals surface area contributed by atoms with Crippen LogP contribution in [0, 0.1) is 0 Å². The molecule has 202 valence electrons. The number of rotatable bonds is 10. The van der Waals surface area contributed by atoms with Crippen molar-refractivity contribution in [1.29, 1.82) is 0 Å². The topological polar surface area (TPSA) is 131 Å². The molecular formula is C27H24ClN3O6S2. The molecule has 0 saturated heterocycles. The second-order valence-corrected chi connectivity index (χ2v) is 11.9. The van der Waals surface area contributed by atoms with E-state index in [4.69, 9.17) is 16.3 Å². The van der Waals surface area contributed by atoms with Crippen molar-refractivity contribution in [2.24, 2.45) is 0 Å². The predicted molar refractivity (Wildman–Crippen MR) is 152 cm³/mol. The van der Waals surface area contributed by atoms with Gasteiger partial charge < -0.3 is 10.1 Å². The van der Waals surface area contributed by atoms with Crippen LogP contribution < -0.4 is 19.5 Å². The van der Waals surface area contributed by atoms with E-state index in [-0.39, 0.29) is 26.1 Å². The quantitative estimate of drug-likeness (QED) is 0.222. The number of carbonyl (C=O) groups is 1. The summed E-state index contributed by atoms with van der Waals surface area (Å²) in [5, 5.41) is 2.74. The molecule has 0 radical (unpaired) electrons. The van der Waals surface area contributed by atoms with E-state index in [0.717, 1.165) is 0 Å². The van der Waals surface area contributed by atoms with Gasteiger partial charge in [-0.3, -0.25) is 14.2 Å². The number of hydrogen-bond donors (Lipinski definition) is 3. The molecule has 1 amide bonds. The number of amides is 1. The van der Waals surface area contributed by atoms with Gasteiger partial charge in [-0.05, 0) is 85.8 Å². The second-order valence-electron chi connectivity index (χ2n) is 8.15. The van der Waals surface area contributed by atoms with E-state index in [1.165, 1.54) is 54.6 Å². The summed E-state index contributed by atoms with van der Waals surface area (Å²) >= 11 is 6.20. The zero-order valence-corrected chi connectivity index (χ0v) is 23.0. The minimum atomic E-state index is -3.88. The maximum absolute atomic E-state index is 12.9. The zero-order valence-electron chi connectivity index (χ0n) is 20.6. The van der Waals surface area contributed by atoms with Gasteiger partial charge in [0.25, 0.3) is 26.0 Å². The number of carbonyl (C=O) groups excluding carboxylic acids is 1. The lowest BCUT2D eigenvalue weighted by Gasteiger charge is -2.12. The van der Waals surface area contributed by atoms with Crippen LogP contribution in [0.4, 0.5) is 17.1 Å². The van der Waals surface area contributed by atoms with Gasteiger partial charge >= 0.3 is 0 Å². The summed E-state index contributed by atoms with van der Waals surface area (Å²) in [5.41, 5.74) is 0.855. The molecule has 0 heterocycles. The molecule has 0 unspecified atom stereocenters. The van der Waals surface area contributed by atoms with Gasteiger partial charge in [0, 0.05) is 17.1 Å². The zero-order chi connectivity index (χ0) is 28.0. The number of hydrogen-bond acceptors (Lipinski definition) is 6. The van der Waals surface area contributed by atoms with Crippen molar-refractivity contribution < 1.29 is 26.4 Å². The van der Waals surface area contributed by atoms with Gasteiger partial charge in [-0.15, -0.1) is 0 Å². The highest BCUT2D eigenvalue weighted by Gasteiger charge is 2.18. The number of nitrogens with one attached hydrogen (secondary N) is 3. The molecule has 4 aromatic carbocycles. The largest absolute Gasteiger partial charge is 0.494 e. The van der Waals surface area contributed by atoms with Crippen LogP contribution in [-0.4, -0.2) is 29.3 Å². The Bertz CT molecular complexity index is 1680. The van der Waals surface area contributed by atoms with Crippen molar-refractivity contribution >= 4 is 54.6 Å². The van der Waals surface area contributed by atoms with Crippen molar-refractivity contribution in [3.05, 3.63) is 108 Å². The Labute approximate surface area is 231 Å². The maximum atomic E-state index is 12.9. The fourth-order valence-corrected chi connectivity index (χ4v) is 5.82. The van der Waals surface area contributed by atoms with Gasteiger partial charge in [0.2, 0.25) is 0 Å². The lowest BCUT2D eigenvalue weighted by Crippen LogP contribution is -2.16. The molecule has 0 bridgehead atoms. The standard InChI is InChI=1S/C27H24ClN3O6S2/c1-2-37-22-13-8-20(9-14-22)30-39(35,36)24-15-10-19(11-16-24)29-27(32)25-18-21(12-17-26(25)28)31-38(33,34)23-6-4-3-5-7-23/h3-18,30-31H,2H2,1H3,(H,29,32). The number of halogens is 1. The van der Waals surface area contributed by atoms with Crippen LogP contribution in [0.3, 0.4) is 0 Å². The van der Waals surface area contributed by atoms with Gasteiger partial charge in [-0.1, -0.05) is 29.8 Å². The fourth-order valence-electron chi connectivity index (χ4n) is 3.49. The molecule has 3 N–H and O–H groups in total. The normalized spacial score (nSPS) is 11.4. The summed E-state index contributed by atoms with van der Waals surface area (Å²) in [6.07, 6.45) is 0. The molecule has 4 rings (SSSR count). The van der Waals surface area contributed by atoms with Crippen LogP contribution in [0.1, 0.15) is 17.3 Å². The van der Waals surface area contributed by atoms with Gasteiger partial charge in [-0.2, -0.15) is 0 Å². The Hall–Kier alpha value is -4.06. The Morgan fingerprint density at radius 3 is 1.87 bits per heavy atom. The Kier molecular flexibility index (Phi) is 8.44. The van der Waals surface area contributed by atoms with E-state index in [1.54, 1.807) is 42.5 Å². The van der Waals surface area contributed by atoms with Crippen LogP contribution in [0.25, 0.3) is 0 Å². The smallest absolute Gasteiger partial charge is 0.261 e. The van der Waals surface area contributed by atoms with E-state index in [2.05, 4.69) is 14.8 Å². The number of ether oxygens (including phenoxy) is 1. The molecule has 0 saturated carbocycles. The summed E-state index contributed by atoms with van der Waals surface area (Å²) in [5.74, 6) is 0.0173. The first-order chi connectivity index (χ1) is 18.6. The molecular weight excluding hydrogens is 562 g/mol. The molecule has 0 fully saturated rings. The molecule has 0 aliphatic heterocycles. The van der Waals surface area contributed by atoms with Gasteiger partial charge in [0.05, 0.1) is 27.0 Å². The van der Waals surface area contributed by atoms with E-state index in [1.807, 2.05) is 6.92 Å². The summed E-state index contributed by atoms with van der Waals surface area (Å²) in [7, 11) is -7.75. The minimum Gasteiger partial charge on any atom is -0.494 e. The third-order valence-electron chi connectivity index (χ3n) is 5.36. The van der Waals surface area contributed by atoms with Gasteiger partial charge in [-0.25, -0.2) is 16.8 Å². The van der Waals surface area contributed by atoms with Gasteiger partial charge in [0.15, 0.2) is 0 Å². The van der Waals surface area contributed by atoms with E-state index < -0.39 is 26.0 Å². The maximum Gasteiger partial charge on any atom is 0.261 e. The van der Waals surface area contributed by atoms with Crippen LogP contribution in [-0.2, 0) is 20.0 Å². The summed E-state index contributed by atoms with van der Waals surface area (Å²) in [6.45, 7) is 2.35. The average Bonchev–Trinajstić information content (AvgIpc) is 2.91. The van der Waals surface area contributed by atoms with Gasteiger partial charge in [0.1, 0.15) is 5.75 Å². The SMILES string of the molecule is CCOc1ccc(NS(=O)(=O)c2ccc(NC(=O)c3cc(NS(=O)(=O)c4ccccc4)ccc3Cl)cc2)cc1. The highest BCUT2D eigenvalue weighted by molar-refractivity contribution is 7.93. The molecule has 12 heteroatoms. The lowest BCUT2D eigenvalue weighted by atomic mass is 10.2. The Morgan fingerprint density at radius 1 is 0.718 bits per heavy atom. The first-order valence-electron chi connectivity index (χ1n) is 11.6. The monoisotopic (exact) mass is 585 g/mol. The van der Waals surface area contributed by atoms with Crippen LogP contribution in [0.5, 0.6) is 5.75 Å². The molecule has 0 aliphatic carbocycles. The second kappa shape index (κ2) is 11.8. The fraction of sp³-hybridized carbons (Fsp3) is 0.0741. The molecule has 9 nitrogen and oxygen atoms in total. The van der Waals surface area contributed by atoms with Crippen molar-refractivity contribution in [2.45, 2.75) is 16.7 Å². The molecule has 4 aromatic rings. The summed E-state index contributed by atoms with van der Waals surface area (Å²) in [6, 6.07) is 24.0. The minimum absolute atomic E-state index is 0.00951. The lowest BCUT2D eigenvalue weighted by molar-refractivity contribution is 0.102. The van der Waals surface area contributed by atoms with E-state index in [9.17, 15) is 21.6 Å². The molecule has 0 aliphatic rings. The van der Waals surface area contributed by atoms with Crippen LogP contribution in [0.2, 0.25) is 5.02 Å². The first kappa shape index (κ1) is 28.0. The van der Waals surface area contributed by atoms with Crippen LogP contribution in [0.15, 0.2) is 107 Å². The Balaban J connectivity index is 1.45. The van der Waals surface area contributed by atoms with E-state index in [0.29, 0.717) is 23.7 Å². The third kappa shape index (κ3) is 7.08. The van der Waals surface area contributed by atoms with Crippen molar-refractivity contribution in [3.63, 3.8) is 0 Å². The van der Waals surface area contributed by atoms with E-state index >= 15 is 0 Å². The molecule has 0 atom stereocenters. The van der Waals surface area contributed by atoms with Crippen molar-refractivity contribution in [1.82, 2.24) is 0 Å². The molecule has 0 aromatic heterocycles. The summed E-state index contributed by atoms with van der Waals surface area (Å²) in [4.78, 5) is 13.0. The highest BCUT2D eigenvalue weighted by Crippen LogP contribution is 2.25. The molecule has 0 spiro atoms. The average molecular weight is 586 g/mol. The number of anilines is 3. The molecule has 39 heavy (non-hydrogen) atoms. The van der Waals surface area contributed by atoms with Crippen molar-refractivity contribution in [3.8, 4) is 5.75 Å². The predicted octanol–water partition coefficient (Wildman–Crippen LogP) is 5.59. The first-order valence-corrected chi connectivity index (χ1v) is 15.0.